The smallest absolute Gasteiger partial charge is 0.311 e. The quantitative estimate of drug-likeness (QED) is 0.489. The van der Waals surface area contributed by atoms with E-state index in [1.54, 1.807) is 31.2 Å². The summed E-state index contributed by atoms with van der Waals surface area (Å²) in [4.78, 5) is 26.6. The Bertz CT molecular complexity index is 1210. The summed E-state index contributed by atoms with van der Waals surface area (Å²) >= 11 is 5.98. The second kappa shape index (κ2) is 8.55. The number of aliphatic carboxylic acids is 1. The zero-order valence-electron chi connectivity index (χ0n) is 18.4. The molecule has 0 radical (unpaired) electrons. The zero-order valence-corrected chi connectivity index (χ0v) is 19.2. The summed E-state index contributed by atoms with van der Waals surface area (Å²) in [5.74, 6) is -4.14. The number of hydrogen-bond donors (Lipinski definition) is 3. The van der Waals surface area contributed by atoms with E-state index in [1.807, 2.05) is 48.5 Å². The van der Waals surface area contributed by atoms with Crippen molar-refractivity contribution in [2.45, 2.75) is 24.5 Å². The number of carboxylic acids is 1. The van der Waals surface area contributed by atoms with Crippen LogP contribution in [-0.2, 0) is 19.9 Å². The Kier molecular flexibility index (Phi) is 5.68. The van der Waals surface area contributed by atoms with Crippen LogP contribution in [0.4, 0.5) is 5.69 Å². The maximum absolute atomic E-state index is 13.7. The van der Waals surface area contributed by atoms with Gasteiger partial charge in [-0.3, -0.25) is 9.59 Å². The number of carbonyl (C=O) groups is 2. The first-order valence-corrected chi connectivity index (χ1v) is 11.5. The standard InChI is InChI=1S/C27H24ClNO5/c1-15(30)14-34-27-20-8-4-2-6-18(20)22(19-7-3-5-9-21(19)27)23(24(27)26(32)33)25(31)29-17-12-10-16(28)11-13-17/h2-13,15,22-24,30H,14H2,1H3,(H,29,31)(H,32,33). The summed E-state index contributed by atoms with van der Waals surface area (Å²) in [5.41, 5.74) is 2.28. The summed E-state index contributed by atoms with van der Waals surface area (Å²) < 4.78 is 6.36. The minimum Gasteiger partial charge on any atom is -0.481 e. The van der Waals surface area contributed by atoms with Crippen molar-refractivity contribution in [3.63, 3.8) is 0 Å². The average molecular weight is 478 g/mol. The Morgan fingerprint density at radius 2 is 1.56 bits per heavy atom. The molecular formula is C27H24ClNO5. The summed E-state index contributed by atoms with van der Waals surface area (Å²) in [6.07, 6.45) is -0.816. The van der Waals surface area contributed by atoms with Gasteiger partial charge in [0, 0.05) is 16.6 Å². The maximum atomic E-state index is 13.7. The predicted octanol–water partition coefficient (Wildman–Crippen LogP) is 4.40. The molecule has 3 aliphatic carbocycles. The molecule has 0 fully saturated rings. The molecule has 6 nitrogen and oxygen atoms in total. The molecule has 0 aromatic heterocycles. The van der Waals surface area contributed by atoms with E-state index >= 15 is 0 Å². The highest BCUT2D eigenvalue weighted by Crippen LogP contribution is 2.62. The van der Waals surface area contributed by atoms with Crippen molar-refractivity contribution >= 4 is 29.2 Å². The summed E-state index contributed by atoms with van der Waals surface area (Å²) in [6, 6.07) is 21.7. The first-order valence-electron chi connectivity index (χ1n) is 11.1. The minimum absolute atomic E-state index is 0.0807. The Morgan fingerprint density at radius 1 is 1.00 bits per heavy atom. The fourth-order valence-corrected chi connectivity index (χ4v) is 5.71. The minimum atomic E-state index is -1.42. The molecule has 1 amide bonds. The highest BCUT2D eigenvalue weighted by Gasteiger charge is 2.64. The highest BCUT2D eigenvalue weighted by atomic mass is 35.5. The molecule has 0 saturated carbocycles. The molecule has 174 valence electrons. The molecule has 2 bridgehead atoms. The van der Waals surface area contributed by atoms with Crippen LogP contribution in [-0.4, -0.2) is 34.8 Å². The number of amides is 1. The van der Waals surface area contributed by atoms with Gasteiger partial charge in [0.1, 0.15) is 11.5 Å². The second-order valence-corrected chi connectivity index (χ2v) is 9.32. The number of aliphatic hydroxyl groups excluding tert-OH is 1. The molecule has 0 heterocycles. The molecule has 3 unspecified atom stereocenters. The third-order valence-corrected chi connectivity index (χ3v) is 7.03. The van der Waals surface area contributed by atoms with Crippen LogP contribution in [0.2, 0.25) is 5.02 Å². The van der Waals surface area contributed by atoms with Gasteiger partial charge in [-0.05, 0) is 53.4 Å². The number of carbonyl (C=O) groups excluding carboxylic acids is 1. The molecule has 7 heteroatoms. The zero-order chi connectivity index (χ0) is 24.0. The van der Waals surface area contributed by atoms with Gasteiger partial charge >= 0.3 is 5.97 Å². The first kappa shape index (κ1) is 22.6. The van der Waals surface area contributed by atoms with E-state index in [-0.39, 0.29) is 6.61 Å². The lowest BCUT2D eigenvalue weighted by molar-refractivity contribution is -0.172. The van der Waals surface area contributed by atoms with E-state index in [4.69, 9.17) is 16.3 Å². The van der Waals surface area contributed by atoms with Gasteiger partial charge in [-0.1, -0.05) is 60.1 Å². The number of fused-ring (bicyclic) bond motifs is 1. The van der Waals surface area contributed by atoms with E-state index in [1.165, 1.54) is 0 Å². The van der Waals surface area contributed by atoms with Gasteiger partial charge in [0.2, 0.25) is 5.91 Å². The number of ether oxygens (including phenoxy) is 1. The predicted molar refractivity (Wildman–Crippen MR) is 128 cm³/mol. The van der Waals surface area contributed by atoms with Crippen LogP contribution in [0.5, 0.6) is 0 Å². The number of hydrogen-bond acceptors (Lipinski definition) is 4. The van der Waals surface area contributed by atoms with Crippen molar-refractivity contribution in [1.29, 1.82) is 0 Å². The number of halogens is 1. The monoisotopic (exact) mass is 477 g/mol. The van der Waals surface area contributed by atoms with Crippen LogP contribution in [0.1, 0.15) is 35.1 Å². The van der Waals surface area contributed by atoms with E-state index in [2.05, 4.69) is 5.32 Å². The van der Waals surface area contributed by atoms with Crippen molar-refractivity contribution < 1.29 is 24.5 Å². The average Bonchev–Trinajstić information content (AvgIpc) is 2.83. The van der Waals surface area contributed by atoms with Crippen LogP contribution < -0.4 is 5.32 Å². The normalized spacial score (nSPS) is 25.2. The third kappa shape index (κ3) is 3.41. The number of anilines is 1. The molecule has 3 aliphatic rings. The van der Waals surface area contributed by atoms with E-state index in [0.717, 1.165) is 22.3 Å². The molecule has 3 aromatic rings. The SMILES string of the molecule is CC(O)COC12c3ccccc3C(c3ccccc31)C(C(=O)Nc1ccc(Cl)cc1)C2C(=O)O. The number of benzene rings is 3. The van der Waals surface area contributed by atoms with E-state index in [9.17, 15) is 19.8 Å². The summed E-state index contributed by atoms with van der Waals surface area (Å²) in [7, 11) is 0. The molecule has 3 N–H and O–H groups in total. The molecule has 34 heavy (non-hydrogen) atoms. The molecule has 0 spiro atoms. The van der Waals surface area contributed by atoms with Gasteiger partial charge in [0.05, 0.1) is 18.6 Å². The molecular weight excluding hydrogens is 454 g/mol. The van der Waals surface area contributed by atoms with Crippen LogP contribution in [0.3, 0.4) is 0 Å². The van der Waals surface area contributed by atoms with Gasteiger partial charge < -0.3 is 20.3 Å². The number of nitrogens with one attached hydrogen (secondary N) is 1. The molecule has 6 rings (SSSR count). The van der Waals surface area contributed by atoms with Crippen molar-refractivity contribution in [2.24, 2.45) is 11.8 Å². The van der Waals surface area contributed by atoms with Gasteiger partial charge in [-0.25, -0.2) is 0 Å². The van der Waals surface area contributed by atoms with Crippen molar-refractivity contribution in [2.75, 3.05) is 11.9 Å². The maximum Gasteiger partial charge on any atom is 0.311 e. The second-order valence-electron chi connectivity index (χ2n) is 8.89. The van der Waals surface area contributed by atoms with Crippen LogP contribution in [0.15, 0.2) is 72.8 Å². The molecule has 3 aromatic carbocycles. The van der Waals surface area contributed by atoms with Gasteiger partial charge in [0.15, 0.2) is 0 Å². The van der Waals surface area contributed by atoms with E-state index < -0.39 is 41.3 Å². The Labute approximate surface area is 202 Å². The lowest BCUT2D eigenvalue weighted by Gasteiger charge is -2.55. The Hall–Kier alpha value is -3.19. The summed E-state index contributed by atoms with van der Waals surface area (Å²) in [5, 5.41) is 24.0. The van der Waals surface area contributed by atoms with Crippen LogP contribution in [0.25, 0.3) is 0 Å². The largest absolute Gasteiger partial charge is 0.481 e. The number of rotatable bonds is 6. The fraction of sp³-hybridized carbons (Fsp3) is 0.259. The Morgan fingerprint density at radius 3 is 2.09 bits per heavy atom. The molecule has 0 aliphatic heterocycles. The third-order valence-electron chi connectivity index (χ3n) is 6.78. The van der Waals surface area contributed by atoms with Gasteiger partial charge in [-0.2, -0.15) is 0 Å². The molecule has 3 atom stereocenters. The van der Waals surface area contributed by atoms with Crippen molar-refractivity contribution in [1.82, 2.24) is 0 Å². The number of carboxylic acid groups (broad SMARTS) is 1. The van der Waals surface area contributed by atoms with Crippen molar-refractivity contribution in [3.05, 3.63) is 100 Å². The molecule has 0 saturated heterocycles. The van der Waals surface area contributed by atoms with Gasteiger partial charge in [0.25, 0.3) is 0 Å². The highest BCUT2D eigenvalue weighted by molar-refractivity contribution is 6.30. The van der Waals surface area contributed by atoms with Crippen molar-refractivity contribution in [3.8, 4) is 0 Å². The Balaban J connectivity index is 1.72. The lowest BCUT2D eigenvalue weighted by Crippen LogP contribution is -2.59. The first-order chi connectivity index (χ1) is 16.3. The van der Waals surface area contributed by atoms with Crippen LogP contribution in [0, 0.1) is 11.8 Å². The lowest BCUT2D eigenvalue weighted by atomic mass is 9.51. The fourth-order valence-electron chi connectivity index (χ4n) is 5.58. The topological polar surface area (TPSA) is 95.9 Å². The number of aliphatic hydroxyl groups is 1. The van der Waals surface area contributed by atoms with Crippen LogP contribution >= 0.6 is 11.6 Å². The summed E-state index contributed by atoms with van der Waals surface area (Å²) in [6.45, 7) is 1.51. The van der Waals surface area contributed by atoms with Gasteiger partial charge in [-0.15, -0.1) is 0 Å². The van der Waals surface area contributed by atoms with E-state index in [0.29, 0.717) is 10.7 Å².